The van der Waals surface area contributed by atoms with E-state index in [2.05, 4.69) is 24.8 Å². The van der Waals surface area contributed by atoms with Crippen molar-refractivity contribution in [1.82, 2.24) is 4.90 Å². The van der Waals surface area contributed by atoms with E-state index in [1.54, 1.807) is 0 Å². The largest absolute Gasteiger partial charge is 0.493 e. The van der Waals surface area contributed by atoms with Crippen molar-refractivity contribution in [2.45, 2.75) is 90.9 Å². The molecule has 1 fully saturated rings. The van der Waals surface area contributed by atoms with Gasteiger partial charge in [0.25, 0.3) is 0 Å². The first-order valence-electron chi connectivity index (χ1n) is 11.8. The Labute approximate surface area is 185 Å². The maximum Gasteiger partial charge on any atom is 0.164 e. The molecule has 2 rings (SSSR count). The highest BCUT2D eigenvalue weighted by Crippen LogP contribution is 2.22. The maximum absolute atomic E-state index is 12.6. The highest BCUT2D eigenvalue weighted by molar-refractivity contribution is 5.96. The summed E-state index contributed by atoms with van der Waals surface area (Å²) in [6.45, 7) is 8.38. The zero-order chi connectivity index (χ0) is 20.0. The van der Waals surface area contributed by atoms with Crippen molar-refractivity contribution in [2.24, 2.45) is 0 Å². The minimum atomic E-state index is 0. The monoisotopic (exact) mass is 423 g/mol. The lowest BCUT2D eigenvalue weighted by molar-refractivity contribution is 0.0958. The Bertz CT molecular complexity index is 570. The molecule has 1 heterocycles. The average Bonchev–Trinajstić information content (AvgIpc) is 2.74. The van der Waals surface area contributed by atoms with Gasteiger partial charge in [-0.25, -0.2) is 0 Å². The number of ketones is 1. The molecule has 29 heavy (non-hydrogen) atoms. The fraction of sp³-hybridized carbons (Fsp3) is 0.720. The molecule has 0 N–H and O–H groups in total. The van der Waals surface area contributed by atoms with Gasteiger partial charge in [0.1, 0.15) is 5.75 Å². The van der Waals surface area contributed by atoms with E-state index in [1.807, 2.05) is 12.1 Å². The second kappa shape index (κ2) is 15.7. The van der Waals surface area contributed by atoms with E-state index >= 15 is 0 Å². The van der Waals surface area contributed by atoms with Crippen molar-refractivity contribution in [1.29, 1.82) is 0 Å². The van der Waals surface area contributed by atoms with Crippen molar-refractivity contribution < 1.29 is 9.53 Å². The molecule has 1 aromatic carbocycles. The minimum Gasteiger partial charge on any atom is -0.493 e. The van der Waals surface area contributed by atoms with Crippen LogP contribution in [0.25, 0.3) is 0 Å². The number of rotatable bonds is 14. The van der Waals surface area contributed by atoms with Crippen LogP contribution in [0.15, 0.2) is 18.2 Å². The van der Waals surface area contributed by atoms with Crippen LogP contribution in [0.2, 0.25) is 0 Å². The number of carbonyl (C=O) groups is 1. The predicted octanol–water partition coefficient (Wildman–Crippen LogP) is 6.86. The summed E-state index contributed by atoms with van der Waals surface area (Å²) in [6, 6.07) is 6.02. The Morgan fingerprint density at radius 1 is 0.966 bits per heavy atom. The van der Waals surface area contributed by atoms with Crippen LogP contribution >= 0.6 is 12.4 Å². The summed E-state index contributed by atoms with van der Waals surface area (Å²) in [5, 5.41) is 0. The van der Waals surface area contributed by atoms with E-state index in [-0.39, 0.29) is 18.2 Å². The Balaban J connectivity index is 0.00000420. The fourth-order valence-corrected chi connectivity index (χ4v) is 4.00. The molecule has 0 amide bonds. The summed E-state index contributed by atoms with van der Waals surface area (Å²) < 4.78 is 6.03. The quantitative estimate of drug-likeness (QED) is 0.242. The number of halogens is 1. The number of unbranched alkanes of at least 4 members (excludes halogenated alkanes) is 6. The molecule has 0 spiro atoms. The molecule has 0 aliphatic carbocycles. The average molecular weight is 424 g/mol. The number of Topliss-reactive ketones (excluding diaryl/α,β-unsaturated/α-hetero) is 1. The lowest BCUT2D eigenvalue weighted by Gasteiger charge is -2.26. The summed E-state index contributed by atoms with van der Waals surface area (Å²) in [5.74, 6) is 1.22. The molecule has 0 unspecified atom stereocenters. The topological polar surface area (TPSA) is 29.5 Å². The Morgan fingerprint density at radius 3 is 2.34 bits per heavy atom. The highest BCUT2D eigenvalue weighted by Gasteiger charge is 2.14. The van der Waals surface area contributed by atoms with Gasteiger partial charge in [0.2, 0.25) is 0 Å². The summed E-state index contributed by atoms with van der Waals surface area (Å²) in [4.78, 5) is 15.0. The number of hydrogen-bond acceptors (Lipinski definition) is 3. The third-order valence-corrected chi connectivity index (χ3v) is 5.87. The Hall–Kier alpha value is -1.06. The van der Waals surface area contributed by atoms with Crippen molar-refractivity contribution in [3.63, 3.8) is 0 Å². The van der Waals surface area contributed by atoms with E-state index in [0.29, 0.717) is 6.42 Å². The normalized spacial score (nSPS) is 14.4. The van der Waals surface area contributed by atoms with E-state index in [1.165, 1.54) is 57.8 Å². The molecule has 0 bridgehead atoms. The number of benzene rings is 1. The van der Waals surface area contributed by atoms with E-state index in [4.69, 9.17) is 4.74 Å². The van der Waals surface area contributed by atoms with Crippen molar-refractivity contribution in [3.05, 3.63) is 29.3 Å². The first-order chi connectivity index (χ1) is 13.7. The molecule has 0 saturated carbocycles. The van der Waals surface area contributed by atoms with Crippen LogP contribution in [0.5, 0.6) is 5.75 Å². The molecule has 0 aromatic heterocycles. The molecule has 1 saturated heterocycles. The zero-order valence-electron chi connectivity index (χ0n) is 18.7. The lowest BCUT2D eigenvalue weighted by Crippen LogP contribution is -2.31. The summed E-state index contributed by atoms with van der Waals surface area (Å²) in [5.41, 5.74) is 2.00. The van der Waals surface area contributed by atoms with Crippen LogP contribution in [-0.4, -0.2) is 36.9 Å². The smallest absolute Gasteiger partial charge is 0.164 e. The first kappa shape index (κ1) is 26.0. The van der Waals surface area contributed by atoms with Crippen LogP contribution in [0, 0.1) is 0 Å². The van der Waals surface area contributed by atoms with Crippen LogP contribution in [0.4, 0.5) is 0 Å². The van der Waals surface area contributed by atoms with Gasteiger partial charge >= 0.3 is 0 Å². The second-order valence-electron chi connectivity index (χ2n) is 8.22. The molecule has 1 aromatic rings. The van der Waals surface area contributed by atoms with Crippen molar-refractivity contribution in [2.75, 3.05) is 26.2 Å². The van der Waals surface area contributed by atoms with Crippen LogP contribution < -0.4 is 4.74 Å². The van der Waals surface area contributed by atoms with Gasteiger partial charge in [0.05, 0.1) is 6.61 Å². The Kier molecular flexibility index (Phi) is 14.1. The van der Waals surface area contributed by atoms with Gasteiger partial charge in [-0.2, -0.15) is 0 Å². The van der Waals surface area contributed by atoms with Gasteiger partial charge in [-0.05, 0) is 62.5 Å². The number of aryl methyl sites for hydroxylation is 1. The summed E-state index contributed by atoms with van der Waals surface area (Å²) in [6.07, 6.45) is 14.5. The highest BCUT2D eigenvalue weighted by atomic mass is 35.5. The van der Waals surface area contributed by atoms with E-state index in [0.717, 1.165) is 56.0 Å². The number of nitrogens with zero attached hydrogens (tertiary/aromatic N) is 1. The number of ether oxygens (including phenoxy) is 1. The number of likely N-dealkylation sites (tertiary alicyclic amines) is 1. The number of piperidine rings is 1. The minimum absolute atomic E-state index is 0. The van der Waals surface area contributed by atoms with Crippen molar-refractivity contribution >= 4 is 18.2 Å². The molecule has 0 radical (unpaired) electrons. The van der Waals surface area contributed by atoms with Gasteiger partial charge < -0.3 is 9.64 Å². The SMILES string of the molecule is CCCCCCCCCOc1ccc(C(=O)CCN2CCCCC2)cc1CC.Cl. The van der Waals surface area contributed by atoms with Gasteiger partial charge in [-0.3, -0.25) is 4.79 Å². The molecule has 1 aliphatic rings. The van der Waals surface area contributed by atoms with E-state index < -0.39 is 0 Å². The van der Waals surface area contributed by atoms with Crippen molar-refractivity contribution in [3.8, 4) is 5.75 Å². The Morgan fingerprint density at radius 2 is 1.66 bits per heavy atom. The summed E-state index contributed by atoms with van der Waals surface area (Å²) in [7, 11) is 0. The zero-order valence-corrected chi connectivity index (χ0v) is 19.5. The molecule has 166 valence electrons. The lowest BCUT2D eigenvalue weighted by atomic mass is 10.0. The standard InChI is InChI=1S/C25H41NO2.ClH/c1-3-5-6-7-8-9-13-20-28-25-15-14-23(21-22(25)4-2)24(27)16-19-26-17-11-10-12-18-26;/h14-15,21H,3-13,16-20H2,1-2H3;1H. The van der Waals surface area contributed by atoms with Crippen LogP contribution in [-0.2, 0) is 6.42 Å². The second-order valence-corrected chi connectivity index (χ2v) is 8.22. The molecule has 0 atom stereocenters. The van der Waals surface area contributed by atoms with Crippen LogP contribution in [0.3, 0.4) is 0 Å². The molecular formula is C25H42ClNO2. The molecule has 4 heteroatoms. The third kappa shape index (κ3) is 10.00. The third-order valence-electron chi connectivity index (χ3n) is 5.87. The molecular weight excluding hydrogens is 382 g/mol. The van der Waals surface area contributed by atoms with Crippen LogP contribution in [0.1, 0.15) is 100 Å². The number of carbonyl (C=O) groups excluding carboxylic acids is 1. The maximum atomic E-state index is 12.6. The van der Waals surface area contributed by atoms with Gasteiger partial charge in [-0.15, -0.1) is 12.4 Å². The number of hydrogen-bond donors (Lipinski definition) is 0. The van der Waals surface area contributed by atoms with E-state index in [9.17, 15) is 4.79 Å². The predicted molar refractivity (Wildman–Crippen MR) is 126 cm³/mol. The van der Waals surface area contributed by atoms with Gasteiger partial charge in [0, 0.05) is 18.5 Å². The first-order valence-corrected chi connectivity index (χ1v) is 11.8. The molecule has 1 aliphatic heterocycles. The molecule has 3 nitrogen and oxygen atoms in total. The van der Waals surface area contributed by atoms with Gasteiger partial charge in [0.15, 0.2) is 5.78 Å². The summed E-state index contributed by atoms with van der Waals surface area (Å²) >= 11 is 0. The van der Waals surface area contributed by atoms with Gasteiger partial charge in [-0.1, -0.05) is 58.8 Å². The fourth-order valence-electron chi connectivity index (χ4n) is 4.00.